The zero-order valence-electron chi connectivity index (χ0n) is 17.3. The second-order valence-electron chi connectivity index (χ2n) is 6.83. The van der Waals surface area contributed by atoms with Crippen molar-refractivity contribution in [3.8, 4) is 11.5 Å². The molecule has 3 aromatic carbocycles. The largest absolute Gasteiger partial charge is 0.456 e. The number of hydrogen-bond donors (Lipinski definition) is 2. The third-order valence-corrected chi connectivity index (χ3v) is 4.94. The molecule has 3 aromatic rings. The highest BCUT2D eigenvalue weighted by molar-refractivity contribution is 7.93. The van der Waals surface area contributed by atoms with Gasteiger partial charge in [0, 0.05) is 27.6 Å². The van der Waals surface area contributed by atoms with Crippen LogP contribution >= 0.6 is 12.0 Å². The lowest BCUT2D eigenvalue weighted by Gasteiger charge is -2.13. The summed E-state index contributed by atoms with van der Waals surface area (Å²) in [6.07, 6.45) is 0.229. The molecule has 0 saturated heterocycles. The van der Waals surface area contributed by atoms with Crippen LogP contribution in [0.15, 0.2) is 81.9 Å². The predicted molar refractivity (Wildman–Crippen MR) is 126 cm³/mol. The molecule has 0 spiro atoms. The van der Waals surface area contributed by atoms with Crippen LogP contribution in [0.2, 0.25) is 0 Å². The summed E-state index contributed by atoms with van der Waals surface area (Å²) >= 11 is 0.487. The second kappa shape index (κ2) is 12.0. The van der Waals surface area contributed by atoms with Crippen molar-refractivity contribution in [1.82, 2.24) is 0 Å². The van der Waals surface area contributed by atoms with Gasteiger partial charge in [-0.3, -0.25) is 4.79 Å². The zero-order chi connectivity index (χ0) is 23.5. The topological polar surface area (TPSA) is 156 Å². The summed E-state index contributed by atoms with van der Waals surface area (Å²) in [4.78, 5) is 18.2. The Bertz CT molecular complexity index is 1190. The fourth-order valence-electron chi connectivity index (χ4n) is 3.05. The molecule has 33 heavy (non-hydrogen) atoms. The van der Waals surface area contributed by atoms with E-state index in [0.717, 1.165) is 5.56 Å². The van der Waals surface area contributed by atoms with E-state index in [1.165, 1.54) is 0 Å². The highest BCUT2D eigenvalue weighted by atomic mass is 32.2. The van der Waals surface area contributed by atoms with Crippen LogP contribution in [0.4, 0.5) is 5.69 Å². The molecule has 0 atom stereocenters. The van der Waals surface area contributed by atoms with Gasteiger partial charge in [-0.1, -0.05) is 46.6 Å². The number of amides is 1. The maximum absolute atomic E-state index is 12.3. The Hall–Kier alpha value is -4.14. The number of rotatable bonds is 10. The van der Waals surface area contributed by atoms with Crippen molar-refractivity contribution in [1.29, 1.82) is 0 Å². The number of benzene rings is 3. The molecule has 0 aliphatic rings. The Morgan fingerprint density at radius 2 is 1.61 bits per heavy atom. The van der Waals surface area contributed by atoms with Crippen molar-refractivity contribution in [3.05, 3.63) is 104 Å². The molecular formula is C22H19N7O3S. The van der Waals surface area contributed by atoms with E-state index in [2.05, 4.69) is 25.4 Å². The highest BCUT2D eigenvalue weighted by Crippen LogP contribution is 2.34. The molecule has 2 N–H and O–H groups in total. The van der Waals surface area contributed by atoms with Gasteiger partial charge in [-0.2, -0.15) is 0 Å². The molecule has 166 valence electrons. The molecule has 10 nitrogen and oxygen atoms in total. The van der Waals surface area contributed by atoms with Crippen LogP contribution < -0.4 is 10.1 Å². The highest BCUT2D eigenvalue weighted by Gasteiger charge is 2.11. The zero-order valence-corrected chi connectivity index (χ0v) is 18.1. The lowest BCUT2D eigenvalue weighted by molar-refractivity contribution is -0.115. The average molecular weight is 462 g/mol. The van der Waals surface area contributed by atoms with E-state index >= 15 is 0 Å². The van der Waals surface area contributed by atoms with Gasteiger partial charge >= 0.3 is 0 Å². The summed E-state index contributed by atoms with van der Waals surface area (Å²) in [7, 11) is 0. The van der Waals surface area contributed by atoms with E-state index in [9.17, 15) is 9.35 Å². The third-order valence-electron chi connectivity index (χ3n) is 4.42. The summed E-state index contributed by atoms with van der Waals surface area (Å²) < 4.78 is 15.7. The van der Waals surface area contributed by atoms with Gasteiger partial charge in [-0.25, -0.2) is 0 Å². The van der Waals surface area contributed by atoms with Crippen LogP contribution in [0.1, 0.15) is 16.7 Å². The van der Waals surface area contributed by atoms with Crippen LogP contribution in [0.3, 0.4) is 0 Å². The number of hydrogen-bond acceptors (Lipinski definition) is 6. The van der Waals surface area contributed by atoms with Gasteiger partial charge in [-0.15, -0.1) is 0 Å². The monoisotopic (exact) mass is 461 g/mol. The molecule has 0 aliphatic carbocycles. The smallest absolute Gasteiger partial charge is 0.228 e. The van der Waals surface area contributed by atoms with Gasteiger partial charge in [0.2, 0.25) is 5.91 Å². The van der Waals surface area contributed by atoms with Gasteiger partial charge in [0.25, 0.3) is 0 Å². The fraction of sp³-hybridized carbons (Fsp3) is 0.136. The molecule has 0 aliphatic heterocycles. The Labute approximate surface area is 193 Å². The van der Waals surface area contributed by atoms with Gasteiger partial charge in [0.1, 0.15) is 11.5 Å². The average Bonchev–Trinajstić information content (AvgIpc) is 2.83. The summed E-state index contributed by atoms with van der Waals surface area (Å²) in [6, 6.07) is 19.4. The SMILES string of the molecule is [N-]=[N+]=NCc1cc(CN=[N+]=[N-])cc(Oc2ccc(NC(=O)Cc3ccccc3)cc2SO)c1. The first-order chi connectivity index (χ1) is 16.1. The van der Waals surface area contributed by atoms with E-state index < -0.39 is 0 Å². The predicted octanol–water partition coefficient (Wildman–Crippen LogP) is 6.85. The summed E-state index contributed by atoms with van der Waals surface area (Å²) in [6.45, 7) is 0.204. The number of anilines is 1. The first-order valence-corrected chi connectivity index (χ1v) is 10.5. The fourth-order valence-corrected chi connectivity index (χ4v) is 3.43. The summed E-state index contributed by atoms with van der Waals surface area (Å²) in [5, 5.41) is 9.91. The minimum Gasteiger partial charge on any atom is -0.456 e. The molecule has 0 saturated carbocycles. The maximum atomic E-state index is 12.3. The Morgan fingerprint density at radius 3 is 2.21 bits per heavy atom. The summed E-state index contributed by atoms with van der Waals surface area (Å²) in [5.41, 5.74) is 19.9. The van der Waals surface area contributed by atoms with Gasteiger partial charge < -0.3 is 14.6 Å². The van der Waals surface area contributed by atoms with E-state index in [0.29, 0.717) is 45.3 Å². The van der Waals surface area contributed by atoms with Gasteiger partial charge in [0.05, 0.1) is 24.4 Å². The molecular weight excluding hydrogens is 442 g/mol. The molecule has 0 fully saturated rings. The van der Waals surface area contributed by atoms with Crippen LogP contribution in [0.5, 0.6) is 11.5 Å². The minimum atomic E-state index is -0.183. The summed E-state index contributed by atoms with van der Waals surface area (Å²) in [5.74, 6) is 0.594. The number of ether oxygens (including phenoxy) is 1. The molecule has 0 bridgehead atoms. The normalized spacial score (nSPS) is 9.97. The minimum absolute atomic E-state index is 0.102. The van der Waals surface area contributed by atoms with Crippen LogP contribution in [0, 0.1) is 0 Å². The van der Waals surface area contributed by atoms with Crippen LogP contribution in [-0.4, -0.2) is 10.5 Å². The second-order valence-corrected chi connectivity index (χ2v) is 7.45. The van der Waals surface area contributed by atoms with Gasteiger partial charge in [0.15, 0.2) is 0 Å². The first-order valence-electron chi connectivity index (χ1n) is 9.73. The Morgan fingerprint density at radius 1 is 0.939 bits per heavy atom. The molecule has 0 unspecified atom stereocenters. The molecule has 3 rings (SSSR count). The van der Waals surface area contributed by atoms with Crippen LogP contribution in [-0.2, 0) is 24.3 Å². The quantitative estimate of drug-likeness (QED) is 0.146. The third kappa shape index (κ3) is 7.20. The van der Waals surface area contributed by atoms with E-state index in [1.807, 2.05) is 30.3 Å². The van der Waals surface area contributed by atoms with Crippen molar-refractivity contribution in [2.75, 3.05) is 5.32 Å². The number of azide groups is 2. The number of nitrogens with one attached hydrogen (secondary N) is 1. The number of carbonyl (C=O) groups is 1. The van der Waals surface area contributed by atoms with Crippen molar-refractivity contribution >= 4 is 23.6 Å². The maximum Gasteiger partial charge on any atom is 0.228 e. The number of nitrogens with zero attached hydrogens (tertiary/aromatic N) is 6. The Kier molecular flexibility index (Phi) is 8.58. The standard InChI is InChI=1S/C22H19N7O3S/c23-28-25-13-16-8-17(14-26-29-24)10-19(9-16)32-20-7-6-18(12-21(20)33-31)27-22(30)11-15-4-2-1-3-5-15/h1-10,12,31H,11,13-14H2,(H,27,30). The van der Waals surface area contributed by atoms with Crippen molar-refractivity contribution in [2.45, 2.75) is 24.4 Å². The van der Waals surface area contributed by atoms with Gasteiger partial charge in [-0.05, 0) is 58.1 Å². The van der Waals surface area contributed by atoms with Crippen LogP contribution in [0.25, 0.3) is 20.9 Å². The lowest BCUT2D eigenvalue weighted by Crippen LogP contribution is -2.14. The van der Waals surface area contributed by atoms with Crippen molar-refractivity contribution in [3.63, 3.8) is 0 Å². The van der Waals surface area contributed by atoms with E-state index in [4.69, 9.17) is 15.8 Å². The number of carbonyl (C=O) groups excluding carboxylic acids is 1. The lowest BCUT2D eigenvalue weighted by atomic mass is 10.1. The van der Waals surface area contributed by atoms with E-state index in [1.54, 1.807) is 36.4 Å². The first kappa shape index (κ1) is 23.5. The molecule has 1 amide bonds. The van der Waals surface area contributed by atoms with Crippen molar-refractivity contribution in [2.24, 2.45) is 10.2 Å². The molecule has 0 heterocycles. The molecule has 11 heteroatoms. The molecule has 0 aromatic heterocycles. The Balaban J connectivity index is 1.78. The molecule has 0 radical (unpaired) electrons. The van der Waals surface area contributed by atoms with E-state index in [-0.39, 0.29) is 25.4 Å². The van der Waals surface area contributed by atoms with Crippen molar-refractivity contribution < 1.29 is 14.1 Å².